The Morgan fingerprint density at radius 3 is 2.44 bits per heavy atom. The summed E-state index contributed by atoms with van der Waals surface area (Å²) in [7, 11) is 0. The minimum Gasteiger partial charge on any atom is -0.480 e. The first-order chi connectivity index (χ1) is 8.29. The molecule has 104 valence electrons. The van der Waals surface area contributed by atoms with Crippen molar-refractivity contribution in [3.63, 3.8) is 0 Å². The van der Waals surface area contributed by atoms with Crippen LogP contribution in [0.2, 0.25) is 0 Å². The molecule has 1 saturated carbocycles. The van der Waals surface area contributed by atoms with Gasteiger partial charge in [0.05, 0.1) is 0 Å². The molecule has 1 fully saturated rings. The van der Waals surface area contributed by atoms with Crippen molar-refractivity contribution in [1.82, 2.24) is 4.90 Å². The SMILES string of the molecule is CCC(C)N(CC(=O)O)C(=O)C1CCCC1(C)C. The van der Waals surface area contributed by atoms with Crippen LogP contribution in [0.4, 0.5) is 0 Å². The fraction of sp³-hybridized carbons (Fsp3) is 0.857. The molecule has 0 aromatic rings. The summed E-state index contributed by atoms with van der Waals surface area (Å²) in [6.45, 7) is 7.94. The van der Waals surface area contributed by atoms with Crippen LogP contribution in [0.5, 0.6) is 0 Å². The normalized spacial score (nSPS) is 23.7. The number of carbonyl (C=O) groups excluding carboxylic acids is 1. The van der Waals surface area contributed by atoms with Crippen LogP contribution in [0.1, 0.15) is 53.4 Å². The van der Waals surface area contributed by atoms with Crippen LogP contribution in [-0.2, 0) is 9.59 Å². The average Bonchev–Trinajstić information content (AvgIpc) is 2.63. The number of carboxylic acid groups (broad SMARTS) is 1. The van der Waals surface area contributed by atoms with Crippen molar-refractivity contribution < 1.29 is 14.7 Å². The van der Waals surface area contributed by atoms with E-state index in [1.54, 1.807) is 4.90 Å². The third-order valence-electron chi connectivity index (χ3n) is 4.27. The van der Waals surface area contributed by atoms with E-state index in [1.165, 1.54) is 0 Å². The van der Waals surface area contributed by atoms with Crippen molar-refractivity contribution in [3.05, 3.63) is 0 Å². The van der Waals surface area contributed by atoms with Gasteiger partial charge in [0, 0.05) is 12.0 Å². The zero-order chi connectivity index (χ0) is 13.9. The van der Waals surface area contributed by atoms with Crippen molar-refractivity contribution in [2.45, 2.75) is 59.4 Å². The third kappa shape index (κ3) is 3.24. The zero-order valence-corrected chi connectivity index (χ0v) is 11.9. The van der Waals surface area contributed by atoms with E-state index in [4.69, 9.17) is 5.11 Å². The molecule has 0 radical (unpaired) electrons. The molecule has 0 aromatic carbocycles. The number of hydrogen-bond acceptors (Lipinski definition) is 2. The molecule has 0 bridgehead atoms. The van der Waals surface area contributed by atoms with E-state index >= 15 is 0 Å². The fourth-order valence-electron chi connectivity index (χ4n) is 2.80. The van der Waals surface area contributed by atoms with E-state index < -0.39 is 5.97 Å². The maximum absolute atomic E-state index is 12.6. The Labute approximate surface area is 109 Å². The number of carboxylic acids is 1. The maximum atomic E-state index is 12.6. The van der Waals surface area contributed by atoms with Gasteiger partial charge < -0.3 is 10.0 Å². The average molecular weight is 255 g/mol. The van der Waals surface area contributed by atoms with E-state index in [0.717, 1.165) is 25.7 Å². The van der Waals surface area contributed by atoms with Crippen molar-refractivity contribution in [1.29, 1.82) is 0 Å². The van der Waals surface area contributed by atoms with Gasteiger partial charge in [-0.05, 0) is 31.6 Å². The molecule has 4 nitrogen and oxygen atoms in total. The molecule has 0 aromatic heterocycles. The topological polar surface area (TPSA) is 57.6 Å². The van der Waals surface area contributed by atoms with Crippen LogP contribution in [-0.4, -0.2) is 34.5 Å². The Morgan fingerprint density at radius 2 is 2.06 bits per heavy atom. The van der Waals surface area contributed by atoms with Gasteiger partial charge in [-0.1, -0.05) is 27.2 Å². The minimum absolute atomic E-state index is 0.00129. The first kappa shape index (κ1) is 15.0. The van der Waals surface area contributed by atoms with Gasteiger partial charge in [0.15, 0.2) is 0 Å². The second-order valence-electron chi connectivity index (χ2n) is 6.05. The summed E-state index contributed by atoms with van der Waals surface area (Å²) in [5.74, 6) is -0.931. The van der Waals surface area contributed by atoms with Crippen LogP contribution in [0, 0.1) is 11.3 Å². The lowest BCUT2D eigenvalue weighted by atomic mass is 9.81. The smallest absolute Gasteiger partial charge is 0.323 e. The molecule has 0 aliphatic heterocycles. The van der Waals surface area contributed by atoms with Crippen LogP contribution in [0.25, 0.3) is 0 Å². The lowest BCUT2D eigenvalue weighted by Gasteiger charge is -2.34. The molecule has 0 spiro atoms. The van der Waals surface area contributed by atoms with Gasteiger partial charge >= 0.3 is 5.97 Å². The Kier molecular flexibility index (Phi) is 4.77. The highest BCUT2D eigenvalue weighted by Crippen LogP contribution is 2.43. The lowest BCUT2D eigenvalue weighted by molar-refractivity contribution is -0.149. The highest BCUT2D eigenvalue weighted by Gasteiger charge is 2.42. The van der Waals surface area contributed by atoms with E-state index in [-0.39, 0.29) is 29.8 Å². The number of nitrogens with zero attached hydrogens (tertiary/aromatic N) is 1. The van der Waals surface area contributed by atoms with Gasteiger partial charge in [-0.2, -0.15) is 0 Å². The van der Waals surface area contributed by atoms with Crippen molar-refractivity contribution in [2.75, 3.05) is 6.54 Å². The Bertz CT molecular complexity index is 325. The highest BCUT2D eigenvalue weighted by atomic mass is 16.4. The molecule has 1 rings (SSSR count). The van der Waals surface area contributed by atoms with Gasteiger partial charge in [0.2, 0.25) is 5.91 Å². The summed E-state index contributed by atoms with van der Waals surface area (Å²) in [6, 6.07) is -0.00926. The standard InChI is InChI=1S/C14H25NO3/c1-5-10(2)15(9-12(16)17)13(18)11-7-6-8-14(11,3)4/h10-11H,5-9H2,1-4H3,(H,16,17). The van der Waals surface area contributed by atoms with Crippen LogP contribution >= 0.6 is 0 Å². The maximum Gasteiger partial charge on any atom is 0.323 e. The molecule has 1 amide bonds. The molecule has 2 atom stereocenters. The first-order valence-electron chi connectivity index (χ1n) is 6.82. The summed E-state index contributed by atoms with van der Waals surface area (Å²) < 4.78 is 0. The Balaban J connectivity index is 2.85. The minimum atomic E-state index is -0.931. The molecule has 1 N–H and O–H groups in total. The van der Waals surface area contributed by atoms with Gasteiger partial charge in [0.1, 0.15) is 6.54 Å². The van der Waals surface area contributed by atoms with Crippen molar-refractivity contribution >= 4 is 11.9 Å². The molecule has 1 aliphatic rings. The van der Waals surface area contributed by atoms with E-state index in [0.29, 0.717) is 0 Å². The van der Waals surface area contributed by atoms with Crippen LogP contribution in [0.15, 0.2) is 0 Å². The highest BCUT2D eigenvalue weighted by molar-refractivity contribution is 5.84. The zero-order valence-electron chi connectivity index (χ0n) is 11.9. The van der Waals surface area contributed by atoms with E-state index in [9.17, 15) is 9.59 Å². The fourth-order valence-corrected chi connectivity index (χ4v) is 2.80. The van der Waals surface area contributed by atoms with Crippen LogP contribution in [0.3, 0.4) is 0 Å². The van der Waals surface area contributed by atoms with Crippen molar-refractivity contribution in [3.8, 4) is 0 Å². The van der Waals surface area contributed by atoms with Gasteiger partial charge in [-0.3, -0.25) is 9.59 Å². The van der Waals surface area contributed by atoms with Gasteiger partial charge in [0.25, 0.3) is 0 Å². The second-order valence-corrected chi connectivity index (χ2v) is 6.05. The lowest BCUT2D eigenvalue weighted by Crippen LogP contribution is -2.47. The van der Waals surface area contributed by atoms with E-state index in [1.807, 2.05) is 13.8 Å². The summed E-state index contributed by atoms with van der Waals surface area (Å²) in [4.78, 5) is 25.0. The molecular formula is C14H25NO3. The summed E-state index contributed by atoms with van der Waals surface area (Å²) >= 11 is 0. The second kappa shape index (κ2) is 5.72. The first-order valence-corrected chi connectivity index (χ1v) is 6.82. The van der Waals surface area contributed by atoms with Gasteiger partial charge in [-0.15, -0.1) is 0 Å². The monoisotopic (exact) mass is 255 g/mol. The number of rotatable bonds is 5. The number of amides is 1. The van der Waals surface area contributed by atoms with Crippen molar-refractivity contribution in [2.24, 2.45) is 11.3 Å². The molecule has 0 heterocycles. The summed E-state index contributed by atoms with van der Waals surface area (Å²) in [6.07, 6.45) is 3.78. The van der Waals surface area contributed by atoms with E-state index in [2.05, 4.69) is 13.8 Å². The molecule has 4 heteroatoms. The molecular weight excluding hydrogens is 230 g/mol. The third-order valence-corrected chi connectivity index (χ3v) is 4.27. The molecule has 18 heavy (non-hydrogen) atoms. The number of hydrogen-bond donors (Lipinski definition) is 1. The Morgan fingerprint density at radius 1 is 1.44 bits per heavy atom. The quantitative estimate of drug-likeness (QED) is 0.821. The summed E-state index contributed by atoms with van der Waals surface area (Å²) in [5.41, 5.74) is 0.00129. The molecule has 0 saturated heterocycles. The predicted octanol–water partition coefficient (Wildman–Crippen LogP) is 2.52. The Hall–Kier alpha value is -1.06. The van der Waals surface area contributed by atoms with Gasteiger partial charge in [-0.25, -0.2) is 0 Å². The number of carbonyl (C=O) groups is 2. The largest absolute Gasteiger partial charge is 0.480 e. The molecule has 1 aliphatic carbocycles. The number of aliphatic carboxylic acids is 1. The summed E-state index contributed by atoms with van der Waals surface area (Å²) in [5, 5.41) is 8.96. The predicted molar refractivity (Wildman–Crippen MR) is 70.2 cm³/mol. The van der Waals surface area contributed by atoms with Crippen LogP contribution < -0.4 is 0 Å². The molecule has 2 unspecified atom stereocenters.